The Morgan fingerprint density at radius 3 is 2.54 bits per heavy atom. The van der Waals surface area contributed by atoms with Crippen molar-refractivity contribution >= 4 is 12.1 Å². The summed E-state index contributed by atoms with van der Waals surface area (Å²) in [4.78, 5) is 24.0. The highest BCUT2D eigenvalue weighted by molar-refractivity contribution is 5.81. The van der Waals surface area contributed by atoms with Gasteiger partial charge in [0, 0.05) is 19.7 Å². The van der Waals surface area contributed by atoms with Crippen LogP contribution >= 0.6 is 0 Å². The zero-order chi connectivity index (χ0) is 18.3. The number of hydrogen-bond acceptors (Lipinski definition) is 6. The minimum atomic E-state index is -1.03. The molecule has 8 nitrogen and oxygen atoms in total. The lowest BCUT2D eigenvalue weighted by Crippen LogP contribution is -2.45. The number of nitrogens with zero attached hydrogens (tertiary/aromatic N) is 3. The van der Waals surface area contributed by atoms with Gasteiger partial charge in [0.25, 0.3) is 0 Å². The summed E-state index contributed by atoms with van der Waals surface area (Å²) in [6.07, 6.45) is 1.02. The number of carbonyl (C=O) groups excluding carboxylic acids is 2. The number of hydrogen-bond donors (Lipinski definition) is 1. The predicted molar refractivity (Wildman–Crippen MR) is 83.6 cm³/mol. The van der Waals surface area contributed by atoms with Crippen LogP contribution in [0.1, 0.15) is 32.0 Å². The summed E-state index contributed by atoms with van der Waals surface area (Å²) in [5.41, 5.74) is 0.377. The monoisotopic (exact) mass is 332 g/mol. The third-order valence-corrected chi connectivity index (χ3v) is 2.87. The van der Waals surface area contributed by atoms with Crippen molar-refractivity contribution in [3.05, 3.63) is 23.5 Å². The molecule has 0 unspecified atom stereocenters. The molecule has 0 fully saturated rings. The first-order valence-electron chi connectivity index (χ1n) is 7.24. The zero-order valence-electron chi connectivity index (χ0n) is 14.1. The van der Waals surface area contributed by atoms with Crippen LogP contribution in [-0.2, 0) is 27.7 Å². The van der Waals surface area contributed by atoms with Gasteiger partial charge in [-0.2, -0.15) is 10.5 Å². The summed E-state index contributed by atoms with van der Waals surface area (Å²) in [7, 11) is 1.70. The summed E-state index contributed by atoms with van der Waals surface area (Å²) >= 11 is 0. The fourth-order valence-electron chi connectivity index (χ4n) is 1.94. The van der Waals surface area contributed by atoms with Crippen LogP contribution in [0.15, 0.2) is 12.3 Å². The summed E-state index contributed by atoms with van der Waals surface area (Å²) < 4.78 is 11.5. The first-order chi connectivity index (χ1) is 11.2. The van der Waals surface area contributed by atoms with Gasteiger partial charge in [-0.1, -0.05) is 0 Å². The molecule has 1 aromatic heterocycles. The van der Waals surface area contributed by atoms with Gasteiger partial charge in [-0.25, -0.2) is 9.59 Å². The molecule has 24 heavy (non-hydrogen) atoms. The van der Waals surface area contributed by atoms with Gasteiger partial charge in [-0.05, 0) is 32.4 Å². The van der Waals surface area contributed by atoms with Gasteiger partial charge < -0.3 is 19.4 Å². The van der Waals surface area contributed by atoms with Crippen LogP contribution in [0.4, 0.5) is 4.79 Å². The Kier molecular flexibility index (Phi) is 6.37. The van der Waals surface area contributed by atoms with E-state index in [1.54, 1.807) is 50.7 Å². The second-order valence-electron chi connectivity index (χ2n) is 6.13. The number of aromatic nitrogens is 1. The minimum Gasteiger partial charge on any atom is -0.449 e. The highest BCUT2D eigenvalue weighted by Gasteiger charge is 2.26. The number of nitriles is 2. The summed E-state index contributed by atoms with van der Waals surface area (Å²) in [6.45, 7) is 4.69. The fourth-order valence-corrected chi connectivity index (χ4v) is 1.94. The first kappa shape index (κ1) is 19.0. The normalized spacial score (nSPS) is 11.8. The van der Waals surface area contributed by atoms with Crippen LogP contribution in [0, 0.1) is 22.7 Å². The number of carbonyl (C=O) groups is 2. The van der Waals surface area contributed by atoms with Crippen molar-refractivity contribution in [1.82, 2.24) is 9.88 Å². The van der Waals surface area contributed by atoms with Gasteiger partial charge in [0.2, 0.25) is 0 Å². The smallest absolute Gasteiger partial charge is 0.408 e. The molecule has 1 heterocycles. The molecule has 0 aromatic carbocycles. The Morgan fingerprint density at radius 1 is 1.38 bits per heavy atom. The van der Waals surface area contributed by atoms with Crippen LogP contribution in [0.5, 0.6) is 0 Å². The second kappa shape index (κ2) is 8.02. The van der Waals surface area contributed by atoms with Gasteiger partial charge in [0.1, 0.15) is 29.5 Å². The molecule has 8 heteroatoms. The van der Waals surface area contributed by atoms with E-state index in [2.05, 4.69) is 5.32 Å². The average Bonchev–Trinajstić information content (AvgIpc) is 2.81. The molecular weight excluding hydrogens is 312 g/mol. The van der Waals surface area contributed by atoms with Crippen molar-refractivity contribution < 1.29 is 19.1 Å². The lowest BCUT2D eigenvalue weighted by atomic mass is 10.1. The number of aryl methyl sites for hydroxylation is 1. The summed E-state index contributed by atoms with van der Waals surface area (Å²) in [6, 6.07) is 4.30. The molecule has 1 rings (SSSR count). The SMILES string of the molecule is Cn1cc(C[C@H](NC(=O)OC(C)(C)C)C(=O)OCC#N)cc1C#N. The molecule has 0 saturated carbocycles. The van der Waals surface area contributed by atoms with Gasteiger partial charge in [-0.3, -0.25) is 0 Å². The molecule has 128 valence electrons. The Hall–Kier alpha value is -3.00. The maximum Gasteiger partial charge on any atom is 0.408 e. The molecule has 1 N–H and O–H groups in total. The maximum atomic E-state index is 12.1. The van der Waals surface area contributed by atoms with Crippen molar-refractivity contribution in [2.24, 2.45) is 7.05 Å². The number of ether oxygens (including phenoxy) is 2. The lowest BCUT2D eigenvalue weighted by molar-refractivity contribution is -0.144. The fraction of sp³-hybridized carbons (Fsp3) is 0.500. The van der Waals surface area contributed by atoms with E-state index in [9.17, 15) is 9.59 Å². The largest absolute Gasteiger partial charge is 0.449 e. The Morgan fingerprint density at radius 2 is 2.04 bits per heavy atom. The van der Waals surface area contributed by atoms with E-state index in [0.717, 1.165) is 0 Å². The number of rotatable bonds is 5. The van der Waals surface area contributed by atoms with E-state index in [1.165, 1.54) is 0 Å². The zero-order valence-corrected chi connectivity index (χ0v) is 14.1. The van der Waals surface area contributed by atoms with E-state index in [-0.39, 0.29) is 6.42 Å². The average molecular weight is 332 g/mol. The van der Waals surface area contributed by atoms with E-state index in [1.807, 2.05) is 6.07 Å². The van der Waals surface area contributed by atoms with Gasteiger partial charge >= 0.3 is 12.1 Å². The van der Waals surface area contributed by atoms with E-state index >= 15 is 0 Å². The van der Waals surface area contributed by atoms with Crippen LogP contribution in [0.2, 0.25) is 0 Å². The van der Waals surface area contributed by atoms with E-state index in [4.69, 9.17) is 20.0 Å². The van der Waals surface area contributed by atoms with Crippen LogP contribution in [-0.4, -0.2) is 34.9 Å². The predicted octanol–water partition coefficient (Wildman–Crippen LogP) is 1.40. The molecule has 0 bridgehead atoms. The molecule has 1 atom stereocenters. The molecule has 0 aliphatic rings. The number of amides is 1. The second-order valence-corrected chi connectivity index (χ2v) is 6.13. The third-order valence-electron chi connectivity index (χ3n) is 2.87. The van der Waals surface area contributed by atoms with Gasteiger partial charge in [0.15, 0.2) is 6.61 Å². The van der Waals surface area contributed by atoms with Crippen molar-refractivity contribution in [2.45, 2.75) is 38.8 Å². The molecule has 1 amide bonds. The van der Waals surface area contributed by atoms with Crippen molar-refractivity contribution in [2.75, 3.05) is 6.61 Å². The Balaban J connectivity index is 2.88. The quantitative estimate of drug-likeness (QED) is 0.814. The highest BCUT2D eigenvalue weighted by atomic mass is 16.6. The van der Waals surface area contributed by atoms with E-state index < -0.39 is 30.3 Å². The van der Waals surface area contributed by atoms with Crippen LogP contribution in [0.3, 0.4) is 0 Å². The molecule has 0 aliphatic carbocycles. The third kappa shape index (κ3) is 6.01. The lowest BCUT2D eigenvalue weighted by Gasteiger charge is -2.22. The topological polar surface area (TPSA) is 117 Å². The minimum absolute atomic E-state index is 0.110. The summed E-state index contributed by atoms with van der Waals surface area (Å²) in [5, 5.41) is 19.9. The van der Waals surface area contributed by atoms with Crippen LogP contribution < -0.4 is 5.32 Å². The maximum absolute atomic E-state index is 12.1. The Bertz CT molecular complexity index is 688. The molecular formula is C16H20N4O4. The highest BCUT2D eigenvalue weighted by Crippen LogP contribution is 2.11. The van der Waals surface area contributed by atoms with Crippen molar-refractivity contribution in [3.8, 4) is 12.1 Å². The number of alkyl carbamates (subject to hydrolysis) is 1. The molecule has 0 saturated heterocycles. The van der Waals surface area contributed by atoms with Gasteiger partial charge in [-0.15, -0.1) is 0 Å². The molecule has 0 radical (unpaired) electrons. The first-order valence-corrected chi connectivity index (χ1v) is 7.24. The molecule has 1 aromatic rings. The molecule has 0 aliphatic heterocycles. The van der Waals surface area contributed by atoms with Crippen molar-refractivity contribution in [1.29, 1.82) is 10.5 Å². The molecule has 0 spiro atoms. The van der Waals surface area contributed by atoms with Crippen LogP contribution in [0.25, 0.3) is 0 Å². The van der Waals surface area contributed by atoms with Gasteiger partial charge in [0.05, 0.1) is 0 Å². The summed E-state index contributed by atoms with van der Waals surface area (Å²) in [5.74, 6) is -0.746. The standard InChI is InChI=1S/C16H20N4O4/c1-16(2,3)24-15(22)19-13(14(21)23-6-5-17)8-11-7-12(9-18)20(4)10-11/h7,10,13H,6,8H2,1-4H3,(H,19,22)/t13-/m0/s1. The Labute approximate surface area is 140 Å². The van der Waals surface area contributed by atoms with E-state index in [0.29, 0.717) is 11.3 Å². The van der Waals surface area contributed by atoms with Crippen molar-refractivity contribution in [3.63, 3.8) is 0 Å². The number of nitrogens with one attached hydrogen (secondary N) is 1. The number of esters is 1.